The SMILES string of the molecule is COC=C1CCC2(CC1)OC=Cc1ccccc12. The van der Waals surface area contributed by atoms with Crippen LogP contribution < -0.4 is 0 Å². The summed E-state index contributed by atoms with van der Waals surface area (Å²) in [6.45, 7) is 0. The summed E-state index contributed by atoms with van der Waals surface area (Å²) in [5.74, 6) is 0. The fourth-order valence-corrected chi connectivity index (χ4v) is 3.00. The molecule has 0 amide bonds. The molecule has 1 aromatic rings. The van der Waals surface area contributed by atoms with Gasteiger partial charge in [0.05, 0.1) is 19.6 Å². The Labute approximate surface area is 108 Å². The van der Waals surface area contributed by atoms with Crippen molar-refractivity contribution in [3.63, 3.8) is 0 Å². The van der Waals surface area contributed by atoms with Gasteiger partial charge in [-0.05, 0) is 42.9 Å². The molecule has 1 saturated carbocycles. The van der Waals surface area contributed by atoms with Crippen molar-refractivity contribution >= 4 is 6.08 Å². The Kier molecular flexibility index (Phi) is 2.86. The van der Waals surface area contributed by atoms with Crippen molar-refractivity contribution in [1.82, 2.24) is 0 Å². The third kappa shape index (κ3) is 1.82. The molecule has 2 nitrogen and oxygen atoms in total. The van der Waals surface area contributed by atoms with Gasteiger partial charge in [-0.2, -0.15) is 0 Å². The normalized spacial score (nSPS) is 25.5. The lowest BCUT2D eigenvalue weighted by Gasteiger charge is -2.40. The first-order valence-corrected chi connectivity index (χ1v) is 6.49. The van der Waals surface area contributed by atoms with E-state index in [9.17, 15) is 0 Å². The Balaban J connectivity index is 1.90. The molecule has 1 aromatic carbocycles. The van der Waals surface area contributed by atoms with Gasteiger partial charge in [-0.15, -0.1) is 0 Å². The van der Waals surface area contributed by atoms with E-state index < -0.39 is 0 Å². The first kappa shape index (κ1) is 11.4. The van der Waals surface area contributed by atoms with Gasteiger partial charge in [0.15, 0.2) is 0 Å². The number of benzene rings is 1. The van der Waals surface area contributed by atoms with Crippen molar-refractivity contribution in [3.05, 3.63) is 53.5 Å². The second kappa shape index (κ2) is 4.52. The Morgan fingerprint density at radius 3 is 2.78 bits per heavy atom. The highest BCUT2D eigenvalue weighted by Gasteiger charge is 2.39. The van der Waals surface area contributed by atoms with Crippen molar-refractivity contribution in [2.24, 2.45) is 0 Å². The van der Waals surface area contributed by atoms with E-state index in [0.29, 0.717) is 0 Å². The largest absolute Gasteiger partial charge is 0.504 e. The standard InChI is InChI=1S/C16H18O2/c1-17-12-13-6-9-16(10-7-13)15-5-3-2-4-14(15)8-11-18-16/h2-5,8,11-12H,6-7,9-10H2,1H3. The minimum Gasteiger partial charge on any atom is -0.504 e. The van der Waals surface area contributed by atoms with Crippen LogP contribution in [0.1, 0.15) is 36.8 Å². The summed E-state index contributed by atoms with van der Waals surface area (Å²) < 4.78 is 11.1. The number of allylic oxidation sites excluding steroid dienone is 1. The van der Waals surface area contributed by atoms with E-state index in [4.69, 9.17) is 9.47 Å². The Morgan fingerprint density at radius 1 is 1.22 bits per heavy atom. The van der Waals surface area contributed by atoms with Crippen LogP contribution >= 0.6 is 0 Å². The summed E-state index contributed by atoms with van der Waals surface area (Å²) in [6.07, 6.45) is 9.96. The van der Waals surface area contributed by atoms with Crippen LogP contribution in [-0.2, 0) is 15.1 Å². The molecule has 2 heteroatoms. The van der Waals surface area contributed by atoms with Crippen LogP contribution in [0.3, 0.4) is 0 Å². The highest BCUT2D eigenvalue weighted by atomic mass is 16.5. The van der Waals surface area contributed by atoms with Gasteiger partial charge in [0.2, 0.25) is 0 Å². The van der Waals surface area contributed by atoms with Gasteiger partial charge < -0.3 is 9.47 Å². The van der Waals surface area contributed by atoms with Gasteiger partial charge in [0.25, 0.3) is 0 Å². The summed E-state index contributed by atoms with van der Waals surface area (Å²) in [5, 5.41) is 0. The fourth-order valence-electron chi connectivity index (χ4n) is 3.00. The van der Waals surface area contributed by atoms with E-state index in [1.807, 2.05) is 12.5 Å². The second-order valence-corrected chi connectivity index (χ2v) is 5.01. The second-order valence-electron chi connectivity index (χ2n) is 5.01. The Bertz CT molecular complexity index is 490. The van der Waals surface area contributed by atoms with Crippen LogP contribution in [0.4, 0.5) is 0 Å². The van der Waals surface area contributed by atoms with Gasteiger partial charge in [-0.25, -0.2) is 0 Å². The molecule has 1 heterocycles. The highest BCUT2D eigenvalue weighted by Crippen LogP contribution is 2.45. The molecular weight excluding hydrogens is 224 g/mol. The summed E-state index contributed by atoms with van der Waals surface area (Å²) in [7, 11) is 1.71. The average molecular weight is 242 g/mol. The van der Waals surface area contributed by atoms with Crippen LogP contribution in [-0.4, -0.2) is 7.11 Å². The molecule has 0 saturated heterocycles. The van der Waals surface area contributed by atoms with Gasteiger partial charge in [-0.1, -0.05) is 24.3 Å². The smallest absolute Gasteiger partial charge is 0.134 e. The zero-order chi connectivity index (χ0) is 12.4. The predicted molar refractivity (Wildman–Crippen MR) is 71.8 cm³/mol. The van der Waals surface area contributed by atoms with Crippen LogP contribution in [0.25, 0.3) is 6.08 Å². The van der Waals surface area contributed by atoms with Crippen molar-refractivity contribution in [2.75, 3.05) is 7.11 Å². The van der Waals surface area contributed by atoms with E-state index in [0.717, 1.165) is 25.7 Å². The molecule has 0 unspecified atom stereocenters. The lowest BCUT2D eigenvalue weighted by molar-refractivity contribution is -0.00971. The number of hydrogen-bond donors (Lipinski definition) is 0. The molecule has 1 fully saturated rings. The molecule has 18 heavy (non-hydrogen) atoms. The van der Waals surface area contributed by atoms with Crippen molar-refractivity contribution < 1.29 is 9.47 Å². The average Bonchev–Trinajstić information content (AvgIpc) is 2.43. The highest BCUT2D eigenvalue weighted by molar-refractivity contribution is 5.57. The summed E-state index contributed by atoms with van der Waals surface area (Å²) in [4.78, 5) is 0. The summed E-state index contributed by atoms with van der Waals surface area (Å²) in [6, 6.07) is 8.55. The molecule has 0 bridgehead atoms. The van der Waals surface area contributed by atoms with Crippen molar-refractivity contribution in [3.8, 4) is 0 Å². The van der Waals surface area contributed by atoms with Crippen LogP contribution in [0, 0.1) is 0 Å². The maximum absolute atomic E-state index is 6.01. The number of hydrogen-bond acceptors (Lipinski definition) is 2. The fraction of sp³-hybridized carbons (Fsp3) is 0.375. The molecule has 94 valence electrons. The predicted octanol–water partition coefficient (Wildman–Crippen LogP) is 3.99. The number of fused-ring (bicyclic) bond motifs is 2. The first-order chi connectivity index (χ1) is 8.84. The summed E-state index contributed by atoms with van der Waals surface area (Å²) >= 11 is 0. The Hall–Kier alpha value is -1.70. The molecular formula is C16H18O2. The minimum atomic E-state index is -0.115. The zero-order valence-corrected chi connectivity index (χ0v) is 10.7. The monoisotopic (exact) mass is 242 g/mol. The number of rotatable bonds is 1. The van der Waals surface area contributed by atoms with Crippen molar-refractivity contribution in [2.45, 2.75) is 31.3 Å². The van der Waals surface area contributed by atoms with Gasteiger partial charge in [0, 0.05) is 5.56 Å². The quantitative estimate of drug-likeness (QED) is 0.693. The lowest BCUT2D eigenvalue weighted by Crippen LogP contribution is -2.33. The van der Waals surface area contributed by atoms with E-state index in [1.54, 1.807) is 7.11 Å². The van der Waals surface area contributed by atoms with Crippen LogP contribution in [0.5, 0.6) is 0 Å². The molecule has 0 radical (unpaired) electrons. The number of ether oxygens (including phenoxy) is 2. The molecule has 1 aliphatic carbocycles. The molecule has 1 spiro atoms. The molecule has 0 aromatic heterocycles. The molecule has 0 N–H and O–H groups in total. The van der Waals surface area contributed by atoms with E-state index in [2.05, 4.69) is 30.3 Å². The molecule has 1 aliphatic heterocycles. The van der Waals surface area contributed by atoms with Crippen molar-refractivity contribution in [1.29, 1.82) is 0 Å². The molecule has 3 rings (SSSR count). The van der Waals surface area contributed by atoms with E-state index in [-0.39, 0.29) is 5.60 Å². The zero-order valence-electron chi connectivity index (χ0n) is 10.7. The lowest BCUT2D eigenvalue weighted by atomic mass is 9.75. The maximum atomic E-state index is 6.01. The third-order valence-electron chi connectivity index (χ3n) is 3.98. The first-order valence-electron chi connectivity index (χ1n) is 6.49. The van der Waals surface area contributed by atoms with Crippen LogP contribution in [0.2, 0.25) is 0 Å². The Morgan fingerprint density at radius 2 is 2.00 bits per heavy atom. The van der Waals surface area contributed by atoms with E-state index in [1.165, 1.54) is 16.7 Å². The topological polar surface area (TPSA) is 18.5 Å². The summed E-state index contributed by atoms with van der Waals surface area (Å²) in [5.41, 5.74) is 3.90. The molecule has 2 aliphatic rings. The van der Waals surface area contributed by atoms with E-state index >= 15 is 0 Å². The maximum Gasteiger partial charge on any atom is 0.134 e. The third-order valence-corrected chi connectivity index (χ3v) is 3.98. The van der Waals surface area contributed by atoms with Gasteiger partial charge in [-0.3, -0.25) is 0 Å². The molecule has 0 atom stereocenters. The van der Waals surface area contributed by atoms with Crippen LogP contribution in [0.15, 0.2) is 42.4 Å². The minimum absolute atomic E-state index is 0.115. The van der Waals surface area contributed by atoms with Gasteiger partial charge in [0.1, 0.15) is 5.60 Å². The number of methoxy groups -OCH3 is 1. The van der Waals surface area contributed by atoms with Gasteiger partial charge >= 0.3 is 0 Å².